The fraction of sp³-hybridized carbons (Fsp3) is 0.976. The van der Waals surface area contributed by atoms with Crippen molar-refractivity contribution in [1.82, 2.24) is 5.32 Å². The molecule has 1 aliphatic rings. The number of nitrogens with one attached hydrogen (secondary N) is 1. The van der Waals surface area contributed by atoms with Gasteiger partial charge in [-0.25, -0.2) is 0 Å². The molecular weight excluding hydrogens is 666 g/mol. The highest BCUT2D eigenvalue weighted by Gasteiger charge is 2.44. The Morgan fingerprint density at radius 2 is 1.02 bits per heavy atom. The van der Waals surface area contributed by atoms with E-state index in [2.05, 4.69) is 12.2 Å². The molecule has 9 atom stereocenters. The van der Waals surface area contributed by atoms with Crippen LogP contribution < -0.4 is 5.32 Å². The first-order valence-corrected chi connectivity index (χ1v) is 21.4. The summed E-state index contributed by atoms with van der Waals surface area (Å²) in [6, 6.07) is -1.16. The summed E-state index contributed by atoms with van der Waals surface area (Å²) in [6.07, 6.45) is 20.4. The average molecular weight is 748 g/mol. The van der Waals surface area contributed by atoms with E-state index in [0.717, 1.165) is 25.7 Å². The van der Waals surface area contributed by atoms with Gasteiger partial charge in [-0.15, -0.1) is 0 Å². The van der Waals surface area contributed by atoms with Crippen LogP contribution in [0.4, 0.5) is 0 Å². The van der Waals surface area contributed by atoms with Crippen molar-refractivity contribution >= 4 is 5.91 Å². The van der Waals surface area contributed by atoms with Gasteiger partial charge < -0.3 is 50.5 Å². The van der Waals surface area contributed by atoms with E-state index in [-0.39, 0.29) is 12.8 Å². The third-order valence-electron chi connectivity index (χ3n) is 10.7. The van der Waals surface area contributed by atoms with Gasteiger partial charge in [0, 0.05) is 0 Å². The van der Waals surface area contributed by atoms with Gasteiger partial charge in [-0.2, -0.15) is 0 Å². The average Bonchev–Trinajstić information content (AvgIpc) is 3.14. The van der Waals surface area contributed by atoms with Crippen molar-refractivity contribution in [2.24, 2.45) is 0 Å². The lowest BCUT2D eigenvalue weighted by molar-refractivity contribution is -0.303. The van der Waals surface area contributed by atoms with E-state index in [9.17, 15) is 40.5 Å². The number of aliphatic hydroxyl groups excluding tert-OH is 7. The zero-order valence-corrected chi connectivity index (χ0v) is 33.1. The van der Waals surface area contributed by atoms with Gasteiger partial charge in [0.05, 0.1) is 25.4 Å². The quantitative estimate of drug-likeness (QED) is 0.0360. The maximum absolute atomic E-state index is 12.9. The van der Waals surface area contributed by atoms with Gasteiger partial charge in [-0.05, 0) is 12.8 Å². The summed E-state index contributed by atoms with van der Waals surface area (Å²) >= 11 is 0. The van der Waals surface area contributed by atoms with Crippen LogP contribution in [0, 0.1) is 0 Å². The molecule has 0 spiro atoms. The molecule has 0 saturated carbocycles. The van der Waals surface area contributed by atoms with Crippen molar-refractivity contribution in [2.75, 3.05) is 13.2 Å². The zero-order valence-electron chi connectivity index (χ0n) is 33.1. The van der Waals surface area contributed by atoms with Crippen LogP contribution in [0.1, 0.15) is 187 Å². The number of unbranched alkanes of at least 4 members (excludes halogenated alkanes) is 23. The highest BCUT2D eigenvalue weighted by atomic mass is 16.7. The van der Waals surface area contributed by atoms with Crippen LogP contribution in [-0.2, 0) is 14.3 Å². The lowest BCUT2D eigenvalue weighted by Crippen LogP contribution is -2.60. The van der Waals surface area contributed by atoms with Crippen LogP contribution in [0.3, 0.4) is 0 Å². The molecule has 310 valence electrons. The van der Waals surface area contributed by atoms with Crippen molar-refractivity contribution in [3.63, 3.8) is 0 Å². The summed E-state index contributed by atoms with van der Waals surface area (Å²) in [4.78, 5) is 12.9. The van der Waals surface area contributed by atoms with Crippen molar-refractivity contribution in [2.45, 2.75) is 242 Å². The van der Waals surface area contributed by atoms with Crippen LogP contribution >= 0.6 is 0 Å². The van der Waals surface area contributed by atoms with Gasteiger partial charge in [0.2, 0.25) is 5.91 Å². The Labute approximate surface area is 316 Å². The van der Waals surface area contributed by atoms with E-state index < -0.39 is 74.2 Å². The SMILES string of the molecule is CCCCCCCCCCCCCCCCCCCCCCCCCC(O)C(=O)NC(COC1OC(CO)C(O)C(O)C1O)C(O)C(O)CCCC. The number of carbonyl (C=O) groups is 1. The molecule has 52 heavy (non-hydrogen) atoms. The molecular formula is C41H81NO10. The number of carbonyl (C=O) groups excluding carboxylic acids is 1. The molecule has 0 aromatic carbocycles. The smallest absolute Gasteiger partial charge is 0.249 e. The fourth-order valence-electron chi connectivity index (χ4n) is 7.01. The Bertz CT molecular complexity index is 820. The molecule has 0 bridgehead atoms. The number of hydrogen-bond acceptors (Lipinski definition) is 10. The molecule has 1 rings (SSSR count). The maximum atomic E-state index is 12.9. The van der Waals surface area contributed by atoms with Crippen molar-refractivity contribution < 1.29 is 50.0 Å². The Hall–Kier alpha value is -0.890. The minimum atomic E-state index is -1.65. The summed E-state index contributed by atoms with van der Waals surface area (Å²) in [5, 5.41) is 74.2. The first-order valence-electron chi connectivity index (χ1n) is 21.4. The molecule has 1 saturated heterocycles. The lowest BCUT2D eigenvalue weighted by Gasteiger charge is -2.40. The molecule has 0 aromatic heterocycles. The second kappa shape index (κ2) is 32.4. The molecule has 0 aromatic rings. The minimum Gasteiger partial charge on any atom is -0.394 e. The van der Waals surface area contributed by atoms with Crippen molar-refractivity contribution in [3.8, 4) is 0 Å². The molecule has 1 heterocycles. The van der Waals surface area contributed by atoms with Crippen molar-refractivity contribution in [3.05, 3.63) is 0 Å². The molecule has 8 N–H and O–H groups in total. The predicted octanol–water partition coefficient (Wildman–Crippen LogP) is 5.94. The van der Waals surface area contributed by atoms with Gasteiger partial charge >= 0.3 is 0 Å². The molecule has 1 amide bonds. The van der Waals surface area contributed by atoms with Gasteiger partial charge in [0.15, 0.2) is 6.29 Å². The predicted molar refractivity (Wildman–Crippen MR) is 206 cm³/mol. The van der Waals surface area contributed by atoms with E-state index in [1.165, 1.54) is 122 Å². The standard InChI is InChI=1S/C41H81NO10/c1-3-5-7-8-9-10-11-12-13-14-15-16-17-18-19-20-21-22-23-24-25-26-27-29-34(45)40(50)42-32(36(46)33(44)28-6-4-2)31-51-41-39(49)38(48)37(47)35(30-43)52-41/h32-39,41,43-49H,3-31H2,1-2H3,(H,42,50). The minimum absolute atomic E-state index is 0.264. The third kappa shape index (κ3) is 22.5. The molecule has 0 aliphatic carbocycles. The van der Waals surface area contributed by atoms with Gasteiger partial charge in [0.1, 0.15) is 36.6 Å². The summed E-state index contributed by atoms with van der Waals surface area (Å²) in [7, 11) is 0. The molecule has 1 aliphatic heterocycles. The zero-order chi connectivity index (χ0) is 38.4. The number of rotatable bonds is 35. The summed E-state index contributed by atoms with van der Waals surface area (Å²) in [5.41, 5.74) is 0. The third-order valence-corrected chi connectivity index (χ3v) is 10.7. The normalized spacial score (nSPS) is 23.0. The monoisotopic (exact) mass is 748 g/mol. The van der Waals surface area contributed by atoms with Crippen LogP contribution in [0.2, 0.25) is 0 Å². The summed E-state index contributed by atoms with van der Waals surface area (Å²) < 4.78 is 10.9. The Kier molecular flexibility index (Phi) is 30.6. The molecule has 0 radical (unpaired) electrons. The highest BCUT2D eigenvalue weighted by molar-refractivity contribution is 5.80. The van der Waals surface area contributed by atoms with Gasteiger partial charge in [0.25, 0.3) is 0 Å². The van der Waals surface area contributed by atoms with Crippen LogP contribution in [-0.4, -0.2) is 110 Å². The largest absolute Gasteiger partial charge is 0.394 e. The van der Waals surface area contributed by atoms with E-state index in [1.54, 1.807) is 0 Å². The maximum Gasteiger partial charge on any atom is 0.249 e. The lowest BCUT2D eigenvalue weighted by atomic mass is 9.99. The number of aliphatic hydroxyl groups is 7. The van der Waals surface area contributed by atoms with Crippen LogP contribution in [0.15, 0.2) is 0 Å². The Balaban J connectivity index is 2.17. The van der Waals surface area contributed by atoms with Gasteiger partial charge in [-0.3, -0.25) is 4.79 Å². The Morgan fingerprint density at radius 3 is 1.44 bits per heavy atom. The van der Waals surface area contributed by atoms with E-state index >= 15 is 0 Å². The van der Waals surface area contributed by atoms with E-state index in [1.807, 2.05) is 6.92 Å². The van der Waals surface area contributed by atoms with Crippen LogP contribution in [0.5, 0.6) is 0 Å². The molecule has 11 heteroatoms. The second-order valence-electron chi connectivity index (χ2n) is 15.4. The fourth-order valence-corrected chi connectivity index (χ4v) is 7.01. The van der Waals surface area contributed by atoms with E-state index in [4.69, 9.17) is 9.47 Å². The van der Waals surface area contributed by atoms with Crippen LogP contribution in [0.25, 0.3) is 0 Å². The molecule has 1 fully saturated rings. The Morgan fingerprint density at radius 1 is 0.596 bits per heavy atom. The number of amides is 1. The van der Waals surface area contributed by atoms with Gasteiger partial charge in [-0.1, -0.05) is 174 Å². The topological polar surface area (TPSA) is 189 Å². The molecule has 11 nitrogen and oxygen atoms in total. The second-order valence-corrected chi connectivity index (χ2v) is 15.4. The first-order chi connectivity index (χ1) is 25.2. The van der Waals surface area contributed by atoms with E-state index in [0.29, 0.717) is 12.8 Å². The highest BCUT2D eigenvalue weighted by Crippen LogP contribution is 2.23. The number of hydrogen-bond donors (Lipinski definition) is 8. The van der Waals surface area contributed by atoms with Crippen molar-refractivity contribution in [1.29, 1.82) is 0 Å². The summed E-state index contributed by atoms with van der Waals surface area (Å²) in [6.45, 7) is 3.16. The number of ether oxygens (including phenoxy) is 2. The molecule has 9 unspecified atom stereocenters. The first kappa shape index (κ1) is 49.1. The summed E-state index contributed by atoms with van der Waals surface area (Å²) in [5.74, 6) is -0.706.